The molecule has 0 heterocycles. The lowest BCUT2D eigenvalue weighted by Crippen LogP contribution is -2.24. The Morgan fingerprint density at radius 1 is 1.40 bits per heavy atom. The van der Waals surface area contributed by atoms with Crippen LogP contribution in [-0.2, 0) is 4.84 Å². The van der Waals surface area contributed by atoms with E-state index in [9.17, 15) is 0 Å². The van der Waals surface area contributed by atoms with E-state index in [2.05, 4.69) is 17.7 Å². The molecule has 0 atom stereocenters. The summed E-state index contributed by atoms with van der Waals surface area (Å²) >= 11 is 1.85. The smallest absolute Gasteiger partial charge is 0.119 e. The van der Waals surface area contributed by atoms with Gasteiger partial charge in [0.2, 0.25) is 0 Å². The van der Waals surface area contributed by atoms with Crippen LogP contribution in [0.3, 0.4) is 0 Å². The Kier molecular flexibility index (Phi) is 9.44. The van der Waals surface area contributed by atoms with Crippen LogP contribution in [0.25, 0.3) is 0 Å². The molecule has 0 bridgehead atoms. The molecule has 0 aromatic heterocycles. The molecule has 0 unspecified atom stereocenters. The first-order chi connectivity index (χ1) is 4.91. The fourth-order valence-corrected chi connectivity index (χ4v) is 0.852. The average Bonchev–Trinajstić information content (AvgIpc) is 1.97. The van der Waals surface area contributed by atoms with Gasteiger partial charge in [-0.25, -0.2) is 5.48 Å². The fourth-order valence-electron chi connectivity index (χ4n) is 0.420. The Bertz CT molecular complexity index is 55.7. The highest BCUT2D eigenvalue weighted by Gasteiger charge is 1.83. The van der Waals surface area contributed by atoms with Gasteiger partial charge in [0, 0.05) is 12.4 Å². The highest BCUT2D eigenvalue weighted by molar-refractivity contribution is 7.99. The van der Waals surface area contributed by atoms with Gasteiger partial charge in [0.05, 0.1) is 0 Å². The Morgan fingerprint density at radius 3 is 2.80 bits per heavy atom. The predicted molar refractivity (Wildman–Crippen MR) is 45.8 cm³/mol. The van der Waals surface area contributed by atoms with Crippen molar-refractivity contribution < 1.29 is 4.84 Å². The average molecular weight is 164 g/mol. The Labute approximate surface area is 66.9 Å². The molecule has 0 saturated heterocycles. The van der Waals surface area contributed by atoms with Gasteiger partial charge < -0.3 is 0 Å². The van der Waals surface area contributed by atoms with Gasteiger partial charge in [-0.15, -0.1) is 11.8 Å². The van der Waals surface area contributed by atoms with Crippen molar-refractivity contribution in [1.29, 1.82) is 0 Å². The summed E-state index contributed by atoms with van der Waals surface area (Å²) in [4.78, 5) is 4.95. The lowest BCUT2D eigenvalue weighted by Gasteiger charge is -2.03. The summed E-state index contributed by atoms with van der Waals surface area (Å²) in [5.74, 6) is 2.11. The van der Waals surface area contributed by atoms with Crippen molar-refractivity contribution in [1.82, 2.24) is 10.8 Å². The molecule has 0 aliphatic rings. The van der Waals surface area contributed by atoms with Crippen LogP contribution in [-0.4, -0.2) is 24.9 Å². The van der Waals surface area contributed by atoms with Crippen LogP contribution >= 0.6 is 11.8 Å². The van der Waals surface area contributed by atoms with E-state index in [4.69, 9.17) is 4.84 Å². The minimum atomic E-state index is 0.584. The Balaban J connectivity index is 2.65. The highest BCUT2D eigenvalue weighted by Crippen LogP contribution is 1.92. The number of nitrogens with one attached hydrogen (secondary N) is 2. The maximum Gasteiger partial charge on any atom is 0.119 e. The van der Waals surface area contributed by atoms with Gasteiger partial charge in [-0.2, -0.15) is 0 Å². The summed E-state index contributed by atoms with van der Waals surface area (Å²) in [5, 5.41) is 3.10. The zero-order chi connectivity index (χ0) is 7.66. The zero-order valence-corrected chi connectivity index (χ0v) is 7.46. The number of rotatable bonds is 7. The quantitative estimate of drug-likeness (QED) is 0.331. The van der Waals surface area contributed by atoms with Crippen LogP contribution in [0.1, 0.15) is 13.8 Å². The number of hydrogen-bond donors (Lipinski definition) is 2. The first kappa shape index (κ1) is 10.2. The summed E-state index contributed by atoms with van der Waals surface area (Å²) in [6.07, 6.45) is 0. The van der Waals surface area contributed by atoms with Gasteiger partial charge in [0.1, 0.15) is 6.73 Å². The molecular formula is C6H16N2OS. The molecule has 0 aliphatic heterocycles. The summed E-state index contributed by atoms with van der Waals surface area (Å²) in [6.45, 7) is 5.57. The van der Waals surface area contributed by atoms with Crippen molar-refractivity contribution in [2.75, 3.05) is 24.9 Å². The molecule has 0 fully saturated rings. The minimum Gasteiger partial charge on any atom is -0.286 e. The SMILES string of the molecule is CCNOCNCSCC. The summed E-state index contributed by atoms with van der Waals surface area (Å²) in [5.41, 5.74) is 2.75. The van der Waals surface area contributed by atoms with E-state index < -0.39 is 0 Å². The predicted octanol–water partition coefficient (Wildman–Crippen LogP) is 0.785. The third-order valence-electron chi connectivity index (χ3n) is 0.829. The molecule has 0 aliphatic carbocycles. The van der Waals surface area contributed by atoms with E-state index in [1.807, 2.05) is 18.7 Å². The number of thioether (sulfide) groups is 1. The highest BCUT2D eigenvalue weighted by atomic mass is 32.2. The molecule has 4 heteroatoms. The topological polar surface area (TPSA) is 33.3 Å². The van der Waals surface area contributed by atoms with Crippen molar-refractivity contribution in [3.05, 3.63) is 0 Å². The monoisotopic (exact) mass is 164 g/mol. The van der Waals surface area contributed by atoms with E-state index in [-0.39, 0.29) is 0 Å². The van der Waals surface area contributed by atoms with Gasteiger partial charge in [0.15, 0.2) is 0 Å². The molecule has 62 valence electrons. The third kappa shape index (κ3) is 8.23. The normalized spacial score (nSPS) is 10.2. The van der Waals surface area contributed by atoms with Crippen LogP contribution in [0, 0.1) is 0 Å². The maximum absolute atomic E-state index is 4.95. The van der Waals surface area contributed by atoms with Crippen molar-refractivity contribution in [2.24, 2.45) is 0 Å². The second kappa shape index (κ2) is 9.23. The maximum atomic E-state index is 4.95. The van der Waals surface area contributed by atoms with Crippen LogP contribution in [0.15, 0.2) is 0 Å². The molecule has 10 heavy (non-hydrogen) atoms. The molecular weight excluding hydrogens is 148 g/mol. The van der Waals surface area contributed by atoms with E-state index in [0.29, 0.717) is 6.73 Å². The van der Waals surface area contributed by atoms with Crippen LogP contribution < -0.4 is 10.8 Å². The number of hydrogen-bond acceptors (Lipinski definition) is 4. The Hall–Kier alpha value is 0.230. The second-order valence-corrected chi connectivity index (χ2v) is 2.95. The molecule has 0 aromatic rings. The van der Waals surface area contributed by atoms with E-state index in [1.165, 1.54) is 0 Å². The van der Waals surface area contributed by atoms with Crippen LogP contribution in [0.5, 0.6) is 0 Å². The van der Waals surface area contributed by atoms with Crippen molar-refractivity contribution >= 4 is 11.8 Å². The lowest BCUT2D eigenvalue weighted by molar-refractivity contribution is 0.0344. The molecule has 0 radical (unpaired) electrons. The zero-order valence-electron chi connectivity index (χ0n) is 6.64. The first-order valence-corrected chi connectivity index (χ1v) is 4.70. The van der Waals surface area contributed by atoms with Gasteiger partial charge in [-0.1, -0.05) is 13.8 Å². The second-order valence-electron chi connectivity index (χ2n) is 1.67. The molecule has 2 N–H and O–H groups in total. The van der Waals surface area contributed by atoms with Crippen molar-refractivity contribution in [2.45, 2.75) is 13.8 Å². The third-order valence-corrected chi connectivity index (χ3v) is 1.65. The van der Waals surface area contributed by atoms with Crippen LogP contribution in [0.4, 0.5) is 0 Å². The molecule has 0 amide bonds. The van der Waals surface area contributed by atoms with E-state index in [1.54, 1.807) is 0 Å². The molecule has 0 rings (SSSR count). The summed E-state index contributed by atoms with van der Waals surface area (Å²) in [7, 11) is 0. The minimum absolute atomic E-state index is 0.584. The molecule has 0 aromatic carbocycles. The van der Waals surface area contributed by atoms with Gasteiger partial charge in [-0.05, 0) is 5.75 Å². The molecule has 3 nitrogen and oxygen atoms in total. The molecule has 0 saturated carbocycles. The lowest BCUT2D eigenvalue weighted by atomic mass is 10.8. The fraction of sp³-hybridized carbons (Fsp3) is 1.00. The van der Waals surface area contributed by atoms with Gasteiger partial charge >= 0.3 is 0 Å². The van der Waals surface area contributed by atoms with Gasteiger partial charge in [-0.3, -0.25) is 10.2 Å². The largest absolute Gasteiger partial charge is 0.286 e. The number of hydroxylamine groups is 1. The van der Waals surface area contributed by atoms with E-state index >= 15 is 0 Å². The first-order valence-electron chi connectivity index (χ1n) is 3.55. The van der Waals surface area contributed by atoms with Crippen LogP contribution in [0.2, 0.25) is 0 Å². The van der Waals surface area contributed by atoms with E-state index in [0.717, 1.165) is 18.2 Å². The summed E-state index contributed by atoms with van der Waals surface area (Å²) in [6, 6.07) is 0. The standard InChI is InChI=1S/C6H16N2OS/c1-3-8-9-5-7-6-10-4-2/h7-8H,3-6H2,1-2H3. The summed E-state index contributed by atoms with van der Waals surface area (Å²) < 4.78 is 0. The molecule has 0 spiro atoms. The Morgan fingerprint density at radius 2 is 2.20 bits per heavy atom. The van der Waals surface area contributed by atoms with Crippen molar-refractivity contribution in [3.63, 3.8) is 0 Å². The van der Waals surface area contributed by atoms with Gasteiger partial charge in [0.25, 0.3) is 0 Å². The van der Waals surface area contributed by atoms with Crippen molar-refractivity contribution in [3.8, 4) is 0 Å².